The van der Waals surface area contributed by atoms with Crippen molar-refractivity contribution in [3.05, 3.63) is 48.2 Å². The van der Waals surface area contributed by atoms with Gasteiger partial charge in [-0.1, -0.05) is 12.1 Å². The number of ether oxygens (including phenoxy) is 1. The number of anilines is 1. The van der Waals surface area contributed by atoms with Gasteiger partial charge in [-0.05, 0) is 24.3 Å². The third-order valence-corrected chi connectivity index (χ3v) is 3.81. The number of benzene rings is 1. The Morgan fingerprint density at radius 1 is 1.04 bits per heavy atom. The number of para-hydroxylation sites is 1. The van der Waals surface area contributed by atoms with E-state index in [9.17, 15) is 13.2 Å². The van der Waals surface area contributed by atoms with E-state index < -0.39 is 11.7 Å². The second-order valence-electron chi connectivity index (χ2n) is 5.38. The molecule has 0 aliphatic carbocycles. The van der Waals surface area contributed by atoms with Gasteiger partial charge < -0.3 is 9.64 Å². The topological polar surface area (TPSA) is 38.2 Å². The standard InChI is InChI=1S/C16H16F3N3O/c17-16(18,19)13-4-1-2-5-14(13)23-12-7-10-22(11-8-12)15-6-3-9-20-21-15/h1-6,9,12H,7-8,10-11H2. The van der Waals surface area contributed by atoms with Gasteiger partial charge >= 0.3 is 6.18 Å². The molecule has 1 aliphatic heterocycles. The van der Waals surface area contributed by atoms with Crippen molar-refractivity contribution in [2.24, 2.45) is 0 Å². The number of rotatable bonds is 3. The molecule has 1 aliphatic rings. The first kappa shape index (κ1) is 15.6. The number of piperidine rings is 1. The summed E-state index contributed by atoms with van der Waals surface area (Å²) in [6.07, 6.45) is -1.75. The summed E-state index contributed by atoms with van der Waals surface area (Å²) in [6.45, 7) is 1.36. The molecule has 1 aromatic heterocycles. The predicted molar refractivity (Wildman–Crippen MR) is 79.3 cm³/mol. The van der Waals surface area contributed by atoms with E-state index in [0.29, 0.717) is 25.9 Å². The monoisotopic (exact) mass is 323 g/mol. The molecule has 0 unspecified atom stereocenters. The molecule has 1 aromatic carbocycles. The quantitative estimate of drug-likeness (QED) is 0.866. The van der Waals surface area contributed by atoms with Gasteiger partial charge in [0.2, 0.25) is 0 Å². The van der Waals surface area contributed by atoms with Gasteiger partial charge in [-0.2, -0.15) is 18.3 Å². The Bertz CT molecular complexity index is 641. The molecular weight excluding hydrogens is 307 g/mol. The highest BCUT2D eigenvalue weighted by Gasteiger charge is 2.35. The van der Waals surface area contributed by atoms with Crippen molar-refractivity contribution in [2.75, 3.05) is 18.0 Å². The minimum Gasteiger partial charge on any atom is -0.490 e. The average Bonchev–Trinajstić information content (AvgIpc) is 2.56. The maximum atomic E-state index is 13.0. The number of hydrogen-bond acceptors (Lipinski definition) is 4. The van der Waals surface area contributed by atoms with Crippen LogP contribution in [-0.4, -0.2) is 29.4 Å². The predicted octanol–water partition coefficient (Wildman–Crippen LogP) is 3.54. The molecule has 7 heteroatoms. The van der Waals surface area contributed by atoms with Gasteiger partial charge in [-0.25, -0.2) is 0 Å². The van der Waals surface area contributed by atoms with Gasteiger partial charge in [0, 0.05) is 32.1 Å². The number of hydrogen-bond donors (Lipinski definition) is 0. The van der Waals surface area contributed by atoms with Crippen LogP contribution in [0.25, 0.3) is 0 Å². The van der Waals surface area contributed by atoms with Crippen LogP contribution >= 0.6 is 0 Å². The van der Waals surface area contributed by atoms with E-state index >= 15 is 0 Å². The lowest BCUT2D eigenvalue weighted by molar-refractivity contribution is -0.139. The third-order valence-electron chi connectivity index (χ3n) is 3.81. The molecule has 122 valence electrons. The van der Waals surface area contributed by atoms with Crippen LogP contribution < -0.4 is 9.64 Å². The minimum absolute atomic E-state index is 0.0991. The Hall–Kier alpha value is -2.31. The first-order chi connectivity index (χ1) is 11.0. The van der Waals surface area contributed by atoms with E-state index in [-0.39, 0.29) is 11.9 Å². The molecule has 2 aromatic rings. The zero-order chi connectivity index (χ0) is 16.3. The fraction of sp³-hybridized carbons (Fsp3) is 0.375. The van der Waals surface area contributed by atoms with Crippen LogP contribution in [0, 0.1) is 0 Å². The second-order valence-corrected chi connectivity index (χ2v) is 5.38. The smallest absolute Gasteiger partial charge is 0.419 e. The molecule has 4 nitrogen and oxygen atoms in total. The maximum absolute atomic E-state index is 13.0. The summed E-state index contributed by atoms with van der Waals surface area (Å²) in [6, 6.07) is 9.02. The Morgan fingerprint density at radius 3 is 2.43 bits per heavy atom. The van der Waals surface area contributed by atoms with E-state index in [0.717, 1.165) is 11.9 Å². The first-order valence-corrected chi connectivity index (χ1v) is 7.39. The van der Waals surface area contributed by atoms with Crippen LogP contribution in [0.5, 0.6) is 5.75 Å². The summed E-state index contributed by atoms with van der Waals surface area (Å²) in [4.78, 5) is 2.06. The molecule has 0 bridgehead atoms. The number of alkyl halides is 3. The van der Waals surface area contributed by atoms with E-state index in [2.05, 4.69) is 15.1 Å². The second kappa shape index (κ2) is 6.44. The number of aromatic nitrogens is 2. The van der Waals surface area contributed by atoms with Crippen LogP contribution in [0.1, 0.15) is 18.4 Å². The highest BCUT2D eigenvalue weighted by Crippen LogP contribution is 2.37. The summed E-state index contributed by atoms with van der Waals surface area (Å²) in [5, 5.41) is 7.88. The molecule has 23 heavy (non-hydrogen) atoms. The fourth-order valence-corrected chi connectivity index (χ4v) is 2.65. The van der Waals surface area contributed by atoms with Crippen LogP contribution in [-0.2, 0) is 6.18 Å². The Morgan fingerprint density at radius 2 is 1.78 bits per heavy atom. The van der Waals surface area contributed by atoms with Gasteiger partial charge in [0.25, 0.3) is 0 Å². The molecule has 0 amide bonds. The van der Waals surface area contributed by atoms with Crippen LogP contribution in [0.2, 0.25) is 0 Å². The molecule has 1 saturated heterocycles. The van der Waals surface area contributed by atoms with Crippen molar-refractivity contribution in [1.82, 2.24) is 10.2 Å². The molecule has 0 saturated carbocycles. The average molecular weight is 323 g/mol. The molecule has 0 spiro atoms. The van der Waals surface area contributed by atoms with Crippen molar-refractivity contribution in [2.45, 2.75) is 25.1 Å². The summed E-state index contributed by atoms with van der Waals surface area (Å²) in [5.74, 6) is 0.680. The lowest BCUT2D eigenvalue weighted by Gasteiger charge is -2.33. The third kappa shape index (κ3) is 3.72. The first-order valence-electron chi connectivity index (χ1n) is 7.39. The minimum atomic E-state index is -4.41. The van der Waals surface area contributed by atoms with Gasteiger partial charge in [0.05, 0.1) is 5.56 Å². The molecular formula is C16H16F3N3O. The zero-order valence-corrected chi connectivity index (χ0v) is 12.3. The van der Waals surface area contributed by atoms with Gasteiger partial charge in [0.15, 0.2) is 5.82 Å². The van der Waals surface area contributed by atoms with Crippen molar-refractivity contribution in [3.8, 4) is 5.75 Å². The fourth-order valence-electron chi connectivity index (χ4n) is 2.65. The number of halogens is 3. The Labute approximate surface area is 131 Å². The Balaban J connectivity index is 1.64. The van der Waals surface area contributed by atoms with Crippen molar-refractivity contribution in [1.29, 1.82) is 0 Å². The summed E-state index contributed by atoms with van der Waals surface area (Å²) < 4.78 is 44.6. The normalized spacial score (nSPS) is 16.4. The highest BCUT2D eigenvalue weighted by atomic mass is 19.4. The summed E-state index contributed by atoms with van der Waals surface area (Å²) in [7, 11) is 0. The lowest BCUT2D eigenvalue weighted by Crippen LogP contribution is -2.39. The van der Waals surface area contributed by atoms with Crippen molar-refractivity contribution in [3.63, 3.8) is 0 Å². The lowest BCUT2D eigenvalue weighted by atomic mass is 10.1. The molecule has 2 heterocycles. The Kier molecular flexibility index (Phi) is 4.36. The summed E-state index contributed by atoms with van der Waals surface area (Å²) >= 11 is 0. The largest absolute Gasteiger partial charge is 0.490 e. The molecule has 0 N–H and O–H groups in total. The molecule has 0 radical (unpaired) electrons. The van der Waals surface area contributed by atoms with Gasteiger partial charge in [-0.3, -0.25) is 0 Å². The van der Waals surface area contributed by atoms with Crippen molar-refractivity contribution >= 4 is 5.82 Å². The maximum Gasteiger partial charge on any atom is 0.419 e. The van der Waals surface area contributed by atoms with Gasteiger partial charge in [0.1, 0.15) is 11.9 Å². The summed E-state index contributed by atoms with van der Waals surface area (Å²) in [5.41, 5.74) is -0.726. The van der Waals surface area contributed by atoms with E-state index in [4.69, 9.17) is 4.74 Å². The van der Waals surface area contributed by atoms with E-state index in [1.807, 2.05) is 12.1 Å². The highest BCUT2D eigenvalue weighted by molar-refractivity contribution is 5.38. The molecule has 1 fully saturated rings. The van der Waals surface area contributed by atoms with Crippen molar-refractivity contribution < 1.29 is 17.9 Å². The zero-order valence-electron chi connectivity index (χ0n) is 12.3. The molecule has 0 atom stereocenters. The molecule has 3 rings (SSSR count). The van der Waals surface area contributed by atoms with Gasteiger partial charge in [-0.15, -0.1) is 5.10 Å². The van der Waals surface area contributed by atoms with Crippen LogP contribution in [0.15, 0.2) is 42.6 Å². The van der Waals surface area contributed by atoms with E-state index in [1.54, 1.807) is 12.3 Å². The van der Waals surface area contributed by atoms with Crippen LogP contribution in [0.3, 0.4) is 0 Å². The number of nitrogens with zero attached hydrogens (tertiary/aromatic N) is 3. The SMILES string of the molecule is FC(F)(F)c1ccccc1OC1CCN(c2cccnn2)CC1. The van der Waals surface area contributed by atoms with E-state index in [1.165, 1.54) is 12.1 Å². The van der Waals surface area contributed by atoms with Crippen LogP contribution in [0.4, 0.5) is 19.0 Å².